The van der Waals surface area contributed by atoms with Gasteiger partial charge in [-0.2, -0.15) is 0 Å². The number of hydrogen-bond acceptors (Lipinski definition) is 6. The molecule has 8 nitrogen and oxygen atoms in total. The molecular formula is C20H28N4O4. The Morgan fingerprint density at radius 1 is 1.43 bits per heavy atom. The molecule has 1 aliphatic rings. The lowest BCUT2D eigenvalue weighted by molar-refractivity contribution is -0.128. The van der Waals surface area contributed by atoms with Crippen LogP contribution in [0.4, 0.5) is 0 Å². The number of ether oxygens (including phenoxy) is 2. The summed E-state index contributed by atoms with van der Waals surface area (Å²) in [6.07, 6.45) is 4.40. The zero-order valence-corrected chi connectivity index (χ0v) is 16.4. The van der Waals surface area contributed by atoms with E-state index in [0.29, 0.717) is 13.0 Å². The van der Waals surface area contributed by atoms with Crippen LogP contribution in [0.25, 0.3) is 11.3 Å². The molecule has 1 saturated heterocycles. The lowest BCUT2D eigenvalue weighted by Crippen LogP contribution is -2.50. The van der Waals surface area contributed by atoms with Gasteiger partial charge in [-0.15, -0.1) is 5.10 Å². The fraction of sp³-hybridized carbons (Fsp3) is 0.550. The molecule has 0 spiro atoms. The minimum atomic E-state index is -0.364. The number of carbonyl (C=O) groups excluding carboxylic acids is 1. The number of carbonyl (C=O) groups is 1. The van der Waals surface area contributed by atoms with Gasteiger partial charge in [-0.05, 0) is 31.4 Å². The fourth-order valence-electron chi connectivity index (χ4n) is 3.42. The first kappa shape index (κ1) is 20.3. The third kappa shape index (κ3) is 5.08. The van der Waals surface area contributed by atoms with Gasteiger partial charge in [-0.1, -0.05) is 24.3 Å². The summed E-state index contributed by atoms with van der Waals surface area (Å²) in [7, 11) is 1.64. The molecule has 2 aromatic rings. The number of aromatic nitrogens is 3. The number of nitrogens with one attached hydrogen (secondary N) is 1. The van der Waals surface area contributed by atoms with Crippen LogP contribution in [0, 0.1) is 0 Å². The summed E-state index contributed by atoms with van der Waals surface area (Å²) >= 11 is 0. The molecule has 1 aromatic carbocycles. The molecule has 1 aromatic heterocycles. The molecule has 28 heavy (non-hydrogen) atoms. The molecule has 1 amide bonds. The average molecular weight is 388 g/mol. The second-order valence-corrected chi connectivity index (χ2v) is 6.97. The number of aryl methyl sites for hydroxylation is 1. The molecular weight excluding hydrogens is 360 g/mol. The van der Waals surface area contributed by atoms with E-state index in [0.717, 1.165) is 36.3 Å². The van der Waals surface area contributed by atoms with Gasteiger partial charge < -0.3 is 19.9 Å². The quantitative estimate of drug-likeness (QED) is 0.715. The molecule has 8 heteroatoms. The van der Waals surface area contributed by atoms with Gasteiger partial charge in [0.25, 0.3) is 0 Å². The summed E-state index contributed by atoms with van der Waals surface area (Å²) in [5, 5.41) is 21.0. The molecule has 1 aliphatic heterocycles. The van der Waals surface area contributed by atoms with Crippen LogP contribution in [0.15, 0.2) is 30.5 Å². The van der Waals surface area contributed by atoms with E-state index in [1.807, 2.05) is 37.4 Å². The van der Waals surface area contributed by atoms with E-state index in [2.05, 4.69) is 15.6 Å². The first-order chi connectivity index (χ1) is 13.6. The lowest BCUT2D eigenvalue weighted by Gasteiger charge is -2.36. The third-order valence-electron chi connectivity index (χ3n) is 5.05. The summed E-state index contributed by atoms with van der Waals surface area (Å²) in [6.45, 7) is 2.38. The van der Waals surface area contributed by atoms with Crippen molar-refractivity contribution in [1.29, 1.82) is 0 Å². The van der Waals surface area contributed by atoms with Crippen molar-refractivity contribution >= 4 is 5.91 Å². The molecule has 3 atom stereocenters. The Hall–Kier alpha value is -2.45. The van der Waals surface area contributed by atoms with Crippen molar-refractivity contribution in [2.45, 2.75) is 57.4 Å². The van der Waals surface area contributed by atoms with Crippen LogP contribution in [0.5, 0.6) is 5.75 Å². The maximum atomic E-state index is 11.6. The number of methoxy groups -OCH3 is 1. The highest BCUT2D eigenvalue weighted by molar-refractivity contribution is 5.75. The highest BCUT2D eigenvalue weighted by Gasteiger charge is 2.31. The van der Waals surface area contributed by atoms with Gasteiger partial charge in [0.2, 0.25) is 5.91 Å². The standard InChI is InChI=1S/C20H28N4O4/c1-3-20(26)21-17-8-7-15(28-19(17)13-25)9-10-24-12-18(22-23-24)14-5-4-6-16(11-14)27-2/h4-6,11-12,15,17,19,25H,3,7-10,13H2,1-2H3,(H,21,26)/t15-,17-,19-/m0/s1. The smallest absolute Gasteiger partial charge is 0.220 e. The maximum absolute atomic E-state index is 11.6. The highest BCUT2D eigenvalue weighted by Crippen LogP contribution is 2.24. The average Bonchev–Trinajstić information content (AvgIpc) is 3.22. The maximum Gasteiger partial charge on any atom is 0.220 e. The summed E-state index contributed by atoms with van der Waals surface area (Å²) in [4.78, 5) is 11.6. The molecule has 0 unspecified atom stereocenters. The van der Waals surface area contributed by atoms with E-state index in [1.54, 1.807) is 11.8 Å². The summed E-state index contributed by atoms with van der Waals surface area (Å²) in [6, 6.07) is 7.58. The van der Waals surface area contributed by atoms with Crippen molar-refractivity contribution in [3.63, 3.8) is 0 Å². The predicted molar refractivity (Wildman–Crippen MR) is 104 cm³/mol. The van der Waals surface area contributed by atoms with Gasteiger partial charge >= 0.3 is 0 Å². The van der Waals surface area contributed by atoms with Gasteiger partial charge in [0.05, 0.1) is 32.1 Å². The van der Waals surface area contributed by atoms with Gasteiger partial charge in [0.1, 0.15) is 17.5 Å². The van der Waals surface area contributed by atoms with Crippen molar-refractivity contribution in [2.24, 2.45) is 0 Å². The van der Waals surface area contributed by atoms with E-state index in [9.17, 15) is 9.90 Å². The largest absolute Gasteiger partial charge is 0.497 e. The first-order valence-corrected chi connectivity index (χ1v) is 9.73. The monoisotopic (exact) mass is 388 g/mol. The summed E-state index contributed by atoms with van der Waals surface area (Å²) in [5.74, 6) is 0.764. The van der Waals surface area contributed by atoms with Crippen LogP contribution in [0.1, 0.15) is 32.6 Å². The van der Waals surface area contributed by atoms with Crippen LogP contribution < -0.4 is 10.1 Å². The van der Waals surface area contributed by atoms with Crippen LogP contribution in [-0.4, -0.2) is 58.0 Å². The van der Waals surface area contributed by atoms with E-state index >= 15 is 0 Å². The Kier molecular flexibility index (Phi) is 7.00. The van der Waals surface area contributed by atoms with Crippen LogP contribution in [0.3, 0.4) is 0 Å². The molecule has 0 radical (unpaired) electrons. The SMILES string of the molecule is CCC(=O)N[C@H]1CC[C@@H](CCn2cc(-c3cccc(OC)c3)nn2)O[C@H]1CO. The van der Waals surface area contributed by atoms with E-state index < -0.39 is 0 Å². The number of nitrogens with zero attached hydrogens (tertiary/aromatic N) is 3. The second-order valence-electron chi connectivity index (χ2n) is 6.97. The van der Waals surface area contributed by atoms with E-state index in [-0.39, 0.29) is 30.8 Å². The number of rotatable bonds is 8. The molecule has 152 valence electrons. The molecule has 2 heterocycles. The Morgan fingerprint density at radius 2 is 2.29 bits per heavy atom. The van der Waals surface area contributed by atoms with Gasteiger partial charge in [-0.3, -0.25) is 9.48 Å². The van der Waals surface area contributed by atoms with Crippen molar-refractivity contribution < 1.29 is 19.4 Å². The topological polar surface area (TPSA) is 98.5 Å². The highest BCUT2D eigenvalue weighted by atomic mass is 16.5. The molecule has 3 rings (SSSR count). The summed E-state index contributed by atoms with van der Waals surface area (Å²) in [5.41, 5.74) is 1.74. The minimum absolute atomic E-state index is 0.0156. The number of hydrogen-bond donors (Lipinski definition) is 2. The third-order valence-corrected chi connectivity index (χ3v) is 5.05. The molecule has 1 fully saturated rings. The predicted octanol–water partition coefficient (Wildman–Crippen LogP) is 1.78. The van der Waals surface area contributed by atoms with Crippen molar-refractivity contribution in [1.82, 2.24) is 20.3 Å². The van der Waals surface area contributed by atoms with E-state index in [1.165, 1.54) is 0 Å². The van der Waals surface area contributed by atoms with Crippen LogP contribution in [-0.2, 0) is 16.1 Å². The van der Waals surface area contributed by atoms with Crippen LogP contribution in [0.2, 0.25) is 0 Å². The van der Waals surface area contributed by atoms with Gasteiger partial charge in [0.15, 0.2) is 0 Å². The van der Waals surface area contributed by atoms with Crippen molar-refractivity contribution in [3.8, 4) is 17.0 Å². The zero-order chi connectivity index (χ0) is 19.9. The summed E-state index contributed by atoms with van der Waals surface area (Å²) < 4.78 is 13.0. The minimum Gasteiger partial charge on any atom is -0.497 e. The van der Waals surface area contributed by atoms with E-state index in [4.69, 9.17) is 9.47 Å². The second kappa shape index (κ2) is 9.66. The van der Waals surface area contributed by atoms with Crippen molar-refractivity contribution in [2.75, 3.05) is 13.7 Å². The Morgan fingerprint density at radius 3 is 3.04 bits per heavy atom. The van der Waals surface area contributed by atoms with Gasteiger partial charge in [-0.25, -0.2) is 0 Å². The Bertz CT molecular complexity index is 779. The molecule has 0 saturated carbocycles. The molecule has 0 bridgehead atoms. The zero-order valence-electron chi connectivity index (χ0n) is 16.4. The van der Waals surface area contributed by atoms with Gasteiger partial charge in [0, 0.05) is 18.5 Å². The van der Waals surface area contributed by atoms with Crippen LogP contribution >= 0.6 is 0 Å². The fourth-order valence-corrected chi connectivity index (χ4v) is 3.42. The number of amides is 1. The first-order valence-electron chi connectivity index (χ1n) is 9.73. The Balaban J connectivity index is 1.53. The molecule has 0 aliphatic carbocycles. The molecule has 2 N–H and O–H groups in total. The number of benzene rings is 1. The lowest BCUT2D eigenvalue weighted by atomic mass is 9.97. The normalized spacial score (nSPS) is 22.0. The Labute approximate surface area is 164 Å². The number of aliphatic hydroxyl groups is 1. The number of aliphatic hydroxyl groups excluding tert-OH is 1. The van der Waals surface area contributed by atoms with Crippen molar-refractivity contribution in [3.05, 3.63) is 30.5 Å².